The summed E-state index contributed by atoms with van der Waals surface area (Å²) < 4.78 is 5.16. The average molecular weight is 290 g/mol. The van der Waals surface area contributed by atoms with E-state index in [1.165, 1.54) is 0 Å². The molecule has 0 saturated carbocycles. The molecule has 0 aliphatic heterocycles. The lowest BCUT2D eigenvalue weighted by atomic mass is 9.72. The van der Waals surface area contributed by atoms with E-state index in [9.17, 15) is 9.90 Å². The molecule has 1 atom stereocenters. The van der Waals surface area contributed by atoms with Crippen molar-refractivity contribution in [3.05, 3.63) is 42.0 Å². The van der Waals surface area contributed by atoms with Crippen molar-refractivity contribution in [2.24, 2.45) is 5.41 Å². The highest BCUT2D eigenvalue weighted by Gasteiger charge is 2.33. The van der Waals surface area contributed by atoms with Crippen LogP contribution in [0.5, 0.6) is 5.75 Å². The molecule has 0 aliphatic carbocycles. The summed E-state index contributed by atoms with van der Waals surface area (Å²) in [5.74, 6) is 0.0300. The maximum atomic E-state index is 11.5. The Balaban J connectivity index is 2.91. The fraction of sp³-hybridized carbons (Fsp3) is 0.500. The summed E-state index contributed by atoms with van der Waals surface area (Å²) in [4.78, 5) is 11.5. The third-order valence-electron chi connectivity index (χ3n) is 4.45. The molecule has 0 aromatic heterocycles. The number of hydrogen-bond donors (Lipinski definition) is 1. The molecule has 1 N–H and O–H groups in total. The third kappa shape index (κ3) is 3.94. The molecule has 1 rings (SSSR count). The third-order valence-corrected chi connectivity index (χ3v) is 4.45. The lowest BCUT2D eigenvalue weighted by molar-refractivity contribution is -0.130. The molecule has 116 valence electrons. The molecular formula is C18H26O3. The van der Waals surface area contributed by atoms with Gasteiger partial charge in [-0.2, -0.15) is 0 Å². The first-order chi connectivity index (χ1) is 9.90. The highest BCUT2D eigenvalue weighted by molar-refractivity contribution is 5.88. The molecule has 0 bridgehead atoms. The van der Waals surface area contributed by atoms with Crippen LogP contribution in [-0.4, -0.2) is 11.1 Å². The molecule has 0 saturated heterocycles. The minimum absolute atomic E-state index is 0.101. The number of rotatable bonds is 7. The average Bonchev–Trinajstić information content (AvgIpc) is 2.50. The Hall–Kier alpha value is -1.61. The molecule has 1 aromatic carbocycles. The number of ether oxygens (including phenoxy) is 1. The molecule has 21 heavy (non-hydrogen) atoms. The second-order valence-electron chi connectivity index (χ2n) is 5.56. The van der Waals surface area contributed by atoms with Crippen molar-refractivity contribution in [2.75, 3.05) is 0 Å². The van der Waals surface area contributed by atoms with E-state index in [1.54, 1.807) is 19.1 Å². The Labute approximate surface area is 127 Å². The zero-order valence-corrected chi connectivity index (χ0v) is 13.5. The van der Waals surface area contributed by atoms with Gasteiger partial charge in [0.05, 0.1) is 6.10 Å². The second-order valence-corrected chi connectivity index (χ2v) is 5.56. The first-order valence-electron chi connectivity index (χ1n) is 7.55. The van der Waals surface area contributed by atoms with Gasteiger partial charge in [-0.25, -0.2) is 4.79 Å². The number of carbonyl (C=O) groups excluding carboxylic acids is 1. The van der Waals surface area contributed by atoms with Gasteiger partial charge in [-0.15, -0.1) is 0 Å². The number of esters is 1. The number of carbonyl (C=O) groups is 1. The van der Waals surface area contributed by atoms with E-state index in [-0.39, 0.29) is 5.41 Å². The maximum Gasteiger partial charge on any atom is 0.338 e. The molecule has 0 heterocycles. The van der Waals surface area contributed by atoms with Crippen LogP contribution in [0.15, 0.2) is 36.4 Å². The summed E-state index contributed by atoms with van der Waals surface area (Å²) in [7, 11) is 0. The number of benzene rings is 1. The predicted octanol–water partition coefficient (Wildman–Crippen LogP) is 4.42. The monoisotopic (exact) mass is 290 g/mol. The van der Waals surface area contributed by atoms with E-state index in [2.05, 4.69) is 27.4 Å². The number of aliphatic hydroxyl groups excluding tert-OH is 1. The van der Waals surface area contributed by atoms with E-state index in [4.69, 9.17) is 4.74 Å². The van der Waals surface area contributed by atoms with Crippen LogP contribution in [0.2, 0.25) is 0 Å². The van der Waals surface area contributed by atoms with Gasteiger partial charge >= 0.3 is 5.97 Å². The summed E-state index contributed by atoms with van der Waals surface area (Å²) in [5, 5.41) is 10.7. The lowest BCUT2D eigenvalue weighted by Gasteiger charge is -2.36. The first kappa shape index (κ1) is 17.4. The summed E-state index contributed by atoms with van der Waals surface area (Å²) in [5.41, 5.74) is 1.12. The molecule has 0 radical (unpaired) electrons. The molecule has 0 amide bonds. The van der Waals surface area contributed by atoms with E-state index >= 15 is 0 Å². The van der Waals surface area contributed by atoms with Crippen molar-refractivity contribution in [1.82, 2.24) is 0 Å². The van der Waals surface area contributed by atoms with Crippen molar-refractivity contribution < 1.29 is 14.6 Å². The Morgan fingerprint density at radius 3 is 2.05 bits per heavy atom. The molecule has 0 spiro atoms. The normalized spacial score (nSPS) is 12.8. The largest absolute Gasteiger partial charge is 0.423 e. The minimum atomic E-state index is -0.511. The molecule has 1 unspecified atom stereocenters. The zero-order chi connectivity index (χ0) is 16.0. The highest BCUT2D eigenvalue weighted by Crippen LogP contribution is 2.43. The van der Waals surface area contributed by atoms with Crippen molar-refractivity contribution in [1.29, 1.82) is 0 Å². The van der Waals surface area contributed by atoms with Gasteiger partial charge in [0.2, 0.25) is 0 Å². The molecule has 1 aromatic rings. The Bertz CT molecular complexity index is 475. The number of aliphatic hydroxyl groups is 1. The van der Waals surface area contributed by atoms with E-state index < -0.39 is 12.1 Å². The maximum absolute atomic E-state index is 11.5. The smallest absolute Gasteiger partial charge is 0.338 e. The van der Waals surface area contributed by atoms with Gasteiger partial charge in [-0.05, 0) is 49.3 Å². The molecule has 0 fully saturated rings. The van der Waals surface area contributed by atoms with Crippen molar-refractivity contribution in [3.8, 4) is 5.75 Å². The zero-order valence-electron chi connectivity index (χ0n) is 13.5. The summed E-state index contributed by atoms with van der Waals surface area (Å²) >= 11 is 0. The van der Waals surface area contributed by atoms with Gasteiger partial charge in [-0.3, -0.25) is 0 Å². The fourth-order valence-electron chi connectivity index (χ4n) is 2.60. The van der Waals surface area contributed by atoms with Crippen LogP contribution in [-0.2, 0) is 4.79 Å². The summed E-state index contributed by atoms with van der Waals surface area (Å²) in [6.45, 7) is 11.5. The number of hydrogen-bond acceptors (Lipinski definition) is 3. The molecule has 3 nitrogen and oxygen atoms in total. The highest BCUT2D eigenvalue weighted by atomic mass is 16.5. The van der Waals surface area contributed by atoms with E-state index in [0.717, 1.165) is 24.8 Å². The summed E-state index contributed by atoms with van der Waals surface area (Å²) in [6, 6.07) is 7.07. The van der Waals surface area contributed by atoms with Crippen LogP contribution >= 0.6 is 0 Å². The predicted molar refractivity (Wildman–Crippen MR) is 85.2 cm³/mol. The van der Waals surface area contributed by atoms with Crippen molar-refractivity contribution >= 4 is 5.97 Å². The van der Waals surface area contributed by atoms with Crippen LogP contribution < -0.4 is 4.74 Å². The Kier molecular flexibility index (Phi) is 6.16. The minimum Gasteiger partial charge on any atom is -0.423 e. The van der Waals surface area contributed by atoms with Gasteiger partial charge < -0.3 is 9.84 Å². The van der Waals surface area contributed by atoms with Crippen LogP contribution in [0, 0.1) is 5.41 Å². The first-order valence-corrected chi connectivity index (χ1v) is 7.55. The van der Waals surface area contributed by atoms with Crippen LogP contribution in [0.1, 0.15) is 58.6 Å². The van der Waals surface area contributed by atoms with Crippen LogP contribution in [0.25, 0.3) is 0 Å². The second kappa shape index (κ2) is 7.41. The quantitative estimate of drug-likeness (QED) is 0.459. The lowest BCUT2D eigenvalue weighted by Crippen LogP contribution is -2.27. The molecular weight excluding hydrogens is 264 g/mol. The SMILES string of the molecule is C=C(C)C(=O)Oc1ccc(C(O)C(CC)(CC)CC)cc1. The fourth-order valence-corrected chi connectivity index (χ4v) is 2.60. The van der Waals surface area contributed by atoms with Crippen molar-refractivity contribution in [3.63, 3.8) is 0 Å². The van der Waals surface area contributed by atoms with Gasteiger partial charge in [0.1, 0.15) is 5.75 Å². The van der Waals surface area contributed by atoms with Gasteiger partial charge in [0, 0.05) is 5.57 Å². The van der Waals surface area contributed by atoms with Crippen LogP contribution in [0.4, 0.5) is 0 Å². The van der Waals surface area contributed by atoms with Gasteiger partial charge in [0.15, 0.2) is 0 Å². The molecule has 0 aliphatic rings. The standard InChI is InChI=1S/C18H26O3/c1-6-18(7-2,8-3)16(19)14-9-11-15(12-10-14)21-17(20)13(4)5/h9-12,16,19H,4,6-8H2,1-3,5H3. The molecule has 3 heteroatoms. The van der Waals surface area contributed by atoms with Crippen molar-refractivity contribution in [2.45, 2.75) is 53.1 Å². The summed E-state index contributed by atoms with van der Waals surface area (Å²) in [6.07, 6.45) is 2.26. The van der Waals surface area contributed by atoms with E-state index in [1.807, 2.05) is 12.1 Å². The van der Waals surface area contributed by atoms with E-state index in [0.29, 0.717) is 11.3 Å². The van der Waals surface area contributed by atoms with Gasteiger partial charge in [0.25, 0.3) is 0 Å². The Morgan fingerprint density at radius 2 is 1.67 bits per heavy atom. The Morgan fingerprint density at radius 1 is 1.19 bits per heavy atom. The topological polar surface area (TPSA) is 46.5 Å². The van der Waals surface area contributed by atoms with Crippen LogP contribution in [0.3, 0.4) is 0 Å². The van der Waals surface area contributed by atoms with Gasteiger partial charge in [-0.1, -0.05) is 39.5 Å².